The Kier molecular flexibility index (Phi) is 4.42. The lowest BCUT2D eigenvalue weighted by Crippen LogP contribution is -2.59. The molecule has 2 fully saturated rings. The topological polar surface area (TPSA) is 69.8 Å². The molecule has 2 aliphatic rings. The average Bonchev–Trinajstić information content (AvgIpc) is 2.33. The summed E-state index contributed by atoms with van der Waals surface area (Å²) in [5, 5.41) is 9.85. The minimum absolute atomic E-state index is 0.251. The minimum atomic E-state index is -0.673. The molecule has 1 amide bonds. The van der Waals surface area contributed by atoms with Crippen LogP contribution in [0.3, 0.4) is 0 Å². The van der Waals surface area contributed by atoms with Gasteiger partial charge >= 0.3 is 0 Å². The maximum atomic E-state index is 12.6. The summed E-state index contributed by atoms with van der Waals surface area (Å²) in [7, 11) is 0. The molecule has 0 unspecified atom stereocenters. The summed E-state index contributed by atoms with van der Waals surface area (Å²) in [6.07, 6.45) is 1.87. The van der Waals surface area contributed by atoms with E-state index in [1.165, 1.54) is 0 Å². The summed E-state index contributed by atoms with van der Waals surface area (Å²) >= 11 is 0. The van der Waals surface area contributed by atoms with E-state index in [1.807, 2.05) is 18.7 Å². The van der Waals surface area contributed by atoms with Crippen molar-refractivity contribution in [3.8, 4) is 0 Å². The van der Waals surface area contributed by atoms with Gasteiger partial charge in [0.2, 0.25) is 5.91 Å². The fourth-order valence-electron chi connectivity index (χ4n) is 3.69. The molecule has 0 aromatic carbocycles. The van der Waals surface area contributed by atoms with Crippen LogP contribution in [0, 0.1) is 11.3 Å². The number of nitrogens with two attached hydrogens (primary N) is 1. The highest BCUT2D eigenvalue weighted by atomic mass is 16.3. The number of amides is 1. The molecule has 1 aliphatic heterocycles. The molecular weight excluding hydrogens is 254 g/mol. The van der Waals surface area contributed by atoms with Crippen molar-refractivity contribution < 1.29 is 9.90 Å². The molecule has 0 aromatic rings. The molecule has 0 aromatic heterocycles. The number of hydrogen-bond acceptors (Lipinski definition) is 4. The van der Waals surface area contributed by atoms with Gasteiger partial charge in [0.15, 0.2) is 0 Å². The number of rotatable bonds is 4. The zero-order valence-corrected chi connectivity index (χ0v) is 13.1. The van der Waals surface area contributed by atoms with Crippen molar-refractivity contribution in [1.82, 2.24) is 9.80 Å². The molecule has 0 bridgehead atoms. The van der Waals surface area contributed by atoms with Crippen LogP contribution in [0.15, 0.2) is 0 Å². The van der Waals surface area contributed by atoms with Crippen LogP contribution >= 0.6 is 0 Å². The van der Waals surface area contributed by atoms with Crippen LogP contribution in [0.4, 0.5) is 0 Å². The average molecular weight is 283 g/mol. The second kappa shape index (κ2) is 5.62. The number of hydrogen-bond donors (Lipinski definition) is 2. The van der Waals surface area contributed by atoms with E-state index in [2.05, 4.69) is 11.8 Å². The third-order valence-corrected chi connectivity index (χ3v) is 4.59. The number of nitrogens with zero attached hydrogens (tertiary/aromatic N) is 2. The van der Waals surface area contributed by atoms with Crippen LogP contribution in [0.2, 0.25) is 0 Å². The Balaban J connectivity index is 1.86. The Morgan fingerprint density at radius 3 is 2.25 bits per heavy atom. The van der Waals surface area contributed by atoms with Gasteiger partial charge in [-0.2, -0.15) is 0 Å². The summed E-state index contributed by atoms with van der Waals surface area (Å²) in [6.45, 7) is 10.2. The van der Waals surface area contributed by atoms with E-state index in [0.29, 0.717) is 19.0 Å². The van der Waals surface area contributed by atoms with Gasteiger partial charge in [-0.15, -0.1) is 0 Å². The summed E-state index contributed by atoms with van der Waals surface area (Å²) in [5.41, 5.74) is 4.91. The number of piperazine rings is 1. The van der Waals surface area contributed by atoms with Crippen LogP contribution in [-0.4, -0.2) is 65.7 Å². The van der Waals surface area contributed by atoms with E-state index < -0.39 is 5.60 Å². The standard InChI is InChI=1S/C15H29N3O2/c1-12-8-15(9-12,10-16)13(19)18-6-4-17(5-7-18)11-14(2,3)20/h12,20H,4-11,16H2,1-3H3. The predicted molar refractivity (Wildman–Crippen MR) is 79.2 cm³/mol. The first-order chi connectivity index (χ1) is 9.26. The maximum absolute atomic E-state index is 12.6. The predicted octanol–water partition coefficient (Wildman–Crippen LogP) is 0.277. The first-order valence-electron chi connectivity index (χ1n) is 7.70. The minimum Gasteiger partial charge on any atom is -0.389 e. The number of β-amino-alcohol motifs (C(OH)–C–C–N with tert-alkyl or cyclic N) is 1. The van der Waals surface area contributed by atoms with Crippen LogP contribution in [0.5, 0.6) is 0 Å². The van der Waals surface area contributed by atoms with Gasteiger partial charge in [0.1, 0.15) is 0 Å². The number of carbonyl (C=O) groups is 1. The molecule has 3 N–H and O–H groups in total. The molecule has 1 aliphatic carbocycles. The van der Waals surface area contributed by atoms with Gasteiger partial charge in [0.05, 0.1) is 11.0 Å². The van der Waals surface area contributed by atoms with Gasteiger partial charge in [-0.05, 0) is 32.6 Å². The second-order valence-corrected chi connectivity index (χ2v) is 7.38. The van der Waals surface area contributed by atoms with Crippen LogP contribution in [0.25, 0.3) is 0 Å². The molecule has 0 atom stereocenters. The van der Waals surface area contributed by atoms with E-state index in [9.17, 15) is 9.90 Å². The maximum Gasteiger partial charge on any atom is 0.230 e. The van der Waals surface area contributed by atoms with Gasteiger partial charge in [-0.3, -0.25) is 9.69 Å². The van der Waals surface area contributed by atoms with E-state index in [4.69, 9.17) is 5.73 Å². The molecule has 2 rings (SSSR count). The molecule has 0 radical (unpaired) electrons. The van der Waals surface area contributed by atoms with Crippen LogP contribution in [0.1, 0.15) is 33.6 Å². The lowest BCUT2D eigenvalue weighted by atomic mass is 9.62. The second-order valence-electron chi connectivity index (χ2n) is 7.38. The normalized spacial score (nSPS) is 32.0. The molecule has 0 spiro atoms. The molecule has 1 saturated carbocycles. The lowest BCUT2D eigenvalue weighted by Gasteiger charge is -2.48. The Morgan fingerprint density at radius 2 is 1.85 bits per heavy atom. The summed E-state index contributed by atoms with van der Waals surface area (Å²) in [6, 6.07) is 0. The third-order valence-electron chi connectivity index (χ3n) is 4.59. The van der Waals surface area contributed by atoms with Crippen molar-refractivity contribution in [3.05, 3.63) is 0 Å². The fourth-order valence-corrected chi connectivity index (χ4v) is 3.69. The van der Waals surface area contributed by atoms with Crippen LogP contribution in [-0.2, 0) is 4.79 Å². The smallest absolute Gasteiger partial charge is 0.230 e. The van der Waals surface area contributed by atoms with Gasteiger partial charge in [0, 0.05) is 39.3 Å². The highest BCUT2D eigenvalue weighted by Gasteiger charge is 2.49. The van der Waals surface area contributed by atoms with Crippen molar-refractivity contribution in [3.63, 3.8) is 0 Å². The van der Waals surface area contributed by atoms with Crippen molar-refractivity contribution in [2.45, 2.75) is 39.2 Å². The van der Waals surface area contributed by atoms with Crippen molar-refractivity contribution in [2.75, 3.05) is 39.3 Å². The summed E-state index contributed by atoms with van der Waals surface area (Å²) in [5.74, 6) is 0.875. The molecule has 1 heterocycles. The molecular formula is C15H29N3O2. The van der Waals surface area contributed by atoms with Crippen LogP contribution < -0.4 is 5.73 Å². The van der Waals surface area contributed by atoms with Crippen molar-refractivity contribution >= 4 is 5.91 Å². The van der Waals surface area contributed by atoms with Gasteiger partial charge < -0.3 is 15.7 Å². The first-order valence-corrected chi connectivity index (χ1v) is 7.70. The fraction of sp³-hybridized carbons (Fsp3) is 0.933. The first kappa shape index (κ1) is 15.7. The van der Waals surface area contributed by atoms with E-state index in [-0.39, 0.29) is 11.3 Å². The Bertz CT molecular complexity index is 351. The van der Waals surface area contributed by atoms with Crippen molar-refractivity contribution in [2.24, 2.45) is 17.1 Å². The molecule has 20 heavy (non-hydrogen) atoms. The van der Waals surface area contributed by atoms with E-state index in [0.717, 1.165) is 39.0 Å². The molecule has 5 nitrogen and oxygen atoms in total. The van der Waals surface area contributed by atoms with Gasteiger partial charge in [-0.1, -0.05) is 6.92 Å². The Morgan fingerprint density at radius 1 is 1.30 bits per heavy atom. The largest absolute Gasteiger partial charge is 0.389 e. The number of aliphatic hydroxyl groups is 1. The zero-order valence-electron chi connectivity index (χ0n) is 13.1. The molecule has 116 valence electrons. The van der Waals surface area contributed by atoms with E-state index >= 15 is 0 Å². The molecule has 5 heteroatoms. The highest BCUT2D eigenvalue weighted by Crippen LogP contribution is 2.46. The third kappa shape index (κ3) is 3.32. The van der Waals surface area contributed by atoms with E-state index in [1.54, 1.807) is 0 Å². The SMILES string of the molecule is CC1CC(CN)(C(=O)N2CCN(CC(C)(C)O)CC2)C1. The van der Waals surface area contributed by atoms with Crippen molar-refractivity contribution in [1.29, 1.82) is 0 Å². The zero-order chi connectivity index (χ0) is 15.0. The lowest BCUT2D eigenvalue weighted by molar-refractivity contribution is -0.151. The Labute approximate surface area is 122 Å². The van der Waals surface area contributed by atoms with Gasteiger partial charge in [-0.25, -0.2) is 0 Å². The monoisotopic (exact) mass is 283 g/mol. The molecule has 1 saturated heterocycles. The Hall–Kier alpha value is -0.650. The quantitative estimate of drug-likeness (QED) is 0.777. The summed E-state index contributed by atoms with van der Waals surface area (Å²) in [4.78, 5) is 16.8. The highest BCUT2D eigenvalue weighted by molar-refractivity contribution is 5.84. The number of carbonyl (C=O) groups excluding carboxylic acids is 1. The summed E-state index contributed by atoms with van der Waals surface area (Å²) < 4.78 is 0. The van der Waals surface area contributed by atoms with Gasteiger partial charge in [0.25, 0.3) is 0 Å².